The van der Waals surface area contributed by atoms with E-state index in [1.807, 2.05) is 12.1 Å². The number of rotatable bonds is 4. The third kappa shape index (κ3) is 2.73. The second kappa shape index (κ2) is 4.98. The van der Waals surface area contributed by atoms with Crippen LogP contribution in [0, 0.1) is 5.82 Å². The first kappa shape index (κ1) is 12.1. The van der Waals surface area contributed by atoms with Crippen molar-refractivity contribution in [3.63, 3.8) is 0 Å². The van der Waals surface area contributed by atoms with Crippen molar-refractivity contribution in [1.82, 2.24) is 10.2 Å². The largest absolute Gasteiger partial charge is 0.309 e. The lowest BCUT2D eigenvalue weighted by Crippen LogP contribution is -2.33. The van der Waals surface area contributed by atoms with E-state index < -0.39 is 0 Å². The van der Waals surface area contributed by atoms with E-state index in [2.05, 4.69) is 17.1 Å². The molecule has 3 rings (SSSR count). The molecule has 1 N–H and O–H groups in total. The van der Waals surface area contributed by atoms with E-state index >= 15 is 0 Å². The van der Waals surface area contributed by atoms with E-state index in [-0.39, 0.29) is 5.82 Å². The van der Waals surface area contributed by atoms with Gasteiger partial charge in [0.25, 0.3) is 0 Å². The molecular formula is C15H21FN2. The molecule has 1 aliphatic heterocycles. The quantitative estimate of drug-likeness (QED) is 0.881. The Morgan fingerprint density at radius 3 is 2.67 bits per heavy atom. The van der Waals surface area contributed by atoms with Crippen LogP contribution < -0.4 is 5.32 Å². The molecule has 0 amide bonds. The van der Waals surface area contributed by atoms with Crippen molar-refractivity contribution in [3.05, 3.63) is 35.6 Å². The summed E-state index contributed by atoms with van der Waals surface area (Å²) in [6.07, 6.45) is 4.00. The Bertz CT molecular complexity index is 399. The Morgan fingerprint density at radius 2 is 2.00 bits per heavy atom. The number of hydrogen-bond donors (Lipinski definition) is 1. The second-order valence-electron chi connectivity index (χ2n) is 5.72. The number of nitrogens with one attached hydrogen (secondary N) is 1. The van der Waals surface area contributed by atoms with Gasteiger partial charge in [-0.25, -0.2) is 4.39 Å². The van der Waals surface area contributed by atoms with Crippen LogP contribution in [0.4, 0.5) is 4.39 Å². The van der Waals surface area contributed by atoms with Crippen LogP contribution in [0.2, 0.25) is 0 Å². The van der Waals surface area contributed by atoms with Gasteiger partial charge in [0.15, 0.2) is 0 Å². The van der Waals surface area contributed by atoms with E-state index in [0.29, 0.717) is 12.1 Å². The topological polar surface area (TPSA) is 15.3 Å². The maximum absolute atomic E-state index is 12.8. The van der Waals surface area contributed by atoms with Crippen molar-refractivity contribution < 1.29 is 4.39 Å². The SMILES string of the molecule is CC1CC(NCc2ccc(F)cc2)CN1C1CC1. The van der Waals surface area contributed by atoms with Crippen molar-refractivity contribution in [1.29, 1.82) is 0 Å². The predicted molar refractivity (Wildman–Crippen MR) is 70.8 cm³/mol. The highest BCUT2D eigenvalue weighted by Gasteiger charge is 2.38. The van der Waals surface area contributed by atoms with Gasteiger partial charge in [0.1, 0.15) is 5.82 Å². The normalized spacial score (nSPS) is 28.8. The summed E-state index contributed by atoms with van der Waals surface area (Å²) in [7, 11) is 0. The standard InChI is InChI=1S/C15H21FN2/c1-11-8-14(10-18(11)15-6-7-15)17-9-12-2-4-13(16)5-3-12/h2-5,11,14-15,17H,6-10H2,1H3. The van der Waals surface area contributed by atoms with Gasteiger partial charge in [-0.3, -0.25) is 4.90 Å². The maximum Gasteiger partial charge on any atom is 0.123 e. The Morgan fingerprint density at radius 1 is 1.28 bits per heavy atom. The molecule has 18 heavy (non-hydrogen) atoms. The molecule has 1 aliphatic carbocycles. The lowest BCUT2D eigenvalue weighted by Gasteiger charge is -2.19. The number of likely N-dealkylation sites (tertiary alicyclic amines) is 1. The van der Waals surface area contributed by atoms with E-state index in [1.165, 1.54) is 37.9 Å². The van der Waals surface area contributed by atoms with Crippen LogP contribution in [-0.4, -0.2) is 29.6 Å². The first-order valence-electron chi connectivity index (χ1n) is 6.96. The second-order valence-corrected chi connectivity index (χ2v) is 5.72. The van der Waals surface area contributed by atoms with Crippen molar-refractivity contribution in [2.75, 3.05) is 6.54 Å². The van der Waals surface area contributed by atoms with E-state index in [9.17, 15) is 4.39 Å². The molecule has 1 aromatic rings. The number of nitrogens with zero attached hydrogens (tertiary/aromatic N) is 1. The van der Waals surface area contributed by atoms with Crippen molar-refractivity contribution >= 4 is 0 Å². The summed E-state index contributed by atoms with van der Waals surface area (Å²) in [4.78, 5) is 2.64. The molecule has 98 valence electrons. The third-order valence-electron chi connectivity index (χ3n) is 4.15. The number of halogens is 1. The van der Waals surface area contributed by atoms with Gasteiger partial charge in [-0.1, -0.05) is 12.1 Å². The average molecular weight is 248 g/mol. The average Bonchev–Trinajstić information content (AvgIpc) is 3.13. The summed E-state index contributed by atoms with van der Waals surface area (Å²) in [5, 5.41) is 3.60. The predicted octanol–water partition coefficient (Wildman–Crippen LogP) is 2.54. The zero-order valence-electron chi connectivity index (χ0n) is 10.9. The Kier molecular flexibility index (Phi) is 3.35. The molecule has 2 unspecified atom stereocenters. The molecule has 1 saturated carbocycles. The van der Waals surface area contributed by atoms with Gasteiger partial charge in [0.05, 0.1) is 0 Å². The summed E-state index contributed by atoms with van der Waals surface area (Å²) in [6, 6.07) is 8.94. The molecular weight excluding hydrogens is 227 g/mol. The highest BCUT2D eigenvalue weighted by molar-refractivity contribution is 5.16. The number of hydrogen-bond acceptors (Lipinski definition) is 2. The summed E-state index contributed by atoms with van der Waals surface area (Å²) in [5.74, 6) is -0.159. The fraction of sp³-hybridized carbons (Fsp3) is 0.600. The number of benzene rings is 1. The van der Waals surface area contributed by atoms with Gasteiger partial charge in [-0.2, -0.15) is 0 Å². The van der Waals surface area contributed by atoms with Gasteiger partial charge < -0.3 is 5.32 Å². The van der Waals surface area contributed by atoms with E-state index in [4.69, 9.17) is 0 Å². The smallest absolute Gasteiger partial charge is 0.123 e. The molecule has 0 radical (unpaired) electrons. The molecule has 1 heterocycles. The van der Waals surface area contributed by atoms with Gasteiger partial charge in [-0.05, 0) is 43.9 Å². The highest BCUT2D eigenvalue weighted by atomic mass is 19.1. The lowest BCUT2D eigenvalue weighted by atomic mass is 10.1. The minimum absolute atomic E-state index is 0.159. The zero-order chi connectivity index (χ0) is 12.5. The summed E-state index contributed by atoms with van der Waals surface area (Å²) in [6.45, 7) is 4.35. The molecule has 0 bridgehead atoms. The lowest BCUT2D eigenvalue weighted by molar-refractivity contribution is 0.255. The van der Waals surface area contributed by atoms with Crippen LogP contribution in [0.3, 0.4) is 0 Å². The fourth-order valence-electron chi connectivity index (χ4n) is 2.98. The monoisotopic (exact) mass is 248 g/mol. The van der Waals surface area contributed by atoms with Crippen LogP contribution in [0.1, 0.15) is 31.7 Å². The molecule has 3 heteroatoms. The van der Waals surface area contributed by atoms with Gasteiger partial charge in [0, 0.05) is 31.2 Å². The summed E-state index contributed by atoms with van der Waals surface area (Å²) in [5.41, 5.74) is 1.16. The van der Waals surface area contributed by atoms with Gasteiger partial charge in [-0.15, -0.1) is 0 Å². The van der Waals surface area contributed by atoms with Crippen LogP contribution in [0.5, 0.6) is 0 Å². The molecule has 1 aromatic carbocycles. The first-order valence-corrected chi connectivity index (χ1v) is 6.96. The Hall–Kier alpha value is -0.930. The molecule has 2 nitrogen and oxygen atoms in total. The van der Waals surface area contributed by atoms with Crippen molar-refractivity contribution in [2.45, 2.75) is 50.9 Å². The highest BCUT2D eigenvalue weighted by Crippen LogP contribution is 2.33. The Labute approximate surface area is 108 Å². The Balaban J connectivity index is 1.50. The molecule has 2 fully saturated rings. The minimum Gasteiger partial charge on any atom is -0.309 e. The van der Waals surface area contributed by atoms with Gasteiger partial charge in [0.2, 0.25) is 0 Å². The first-order chi connectivity index (χ1) is 8.72. The summed E-state index contributed by atoms with van der Waals surface area (Å²) >= 11 is 0. The minimum atomic E-state index is -0.159. The van der Waals surface area contributed by atoms with Gasteiger partial charge >= 0.3 is 0 Å². The molecule has 2 aliphatic rings. The van der Waals surface area contributed by atoms with Crippen molar-refractivity contribution in [2.24, 2.45) is 0 Å². The van der Waals surface area contributed by atoms with Crippen LogP contribution in [-0.2, 0) is 6.54 Å². The van der Waals surface area contributed by atoms with E-state index in [1.54, 1.807) is 0 Å². The maximum atomic E-state index is 12.8. The van der Waals surface area contributed by atoms with Crippen LogP contribution >= 0.6 is 0 Å². The molecule has 2 atom stereocenters. The zero-order valence-corrected chi connectivity index (χ0v) is 10.9. The van der Waals surface area contributed by atoms with Crippen LogP contribution in [0.15, 0.2) is 24.3 Å². The summed E-state index contributed by atoms with van der Waals surface area (Å²) < 4.78 is 12.8. The van der Waals surface area contributed by atoms with E-state index in [0.717, 1.165) is 18.2 Å². The fourth-order valence-corrected chi connectivity index (χ4v) is 2.98. The molecule has 0 aromatic heterocycles. The van der Waals surface area contributed by atoms with Crippen LogP contribution in [0.25, 0.3) is 0 Å². The van der Waals surface area contributed by atoms with Crippen molar-refractivity contribution in [3.8, 4) is 0 Å². The molecule has 0 spiro atoms. The molecule has 1 saturated heterocycles. The third-order valence-corrected chi connectivity index (χ3v) is 4.15.